The summed E-state index contributed by atoms with van der Waals surface area (Å²) in [6.45, 7) is 0.594. The normalized spacial score (nSPS) is 29.8. The standard InChI is InChI=1S/C15H19N3/c1-18-13-6-5-9(8-16)7-12(13)17-15(18)14-10-3-2-4-11(10)14/h5-7,10-11,14H,2-4,8,16H2,1H3. The molecule has 0 spiro atoms. The first-order valence-corrected chi connectivity index (χ1v) is 6.95. The highest BCUT2D eigenvalue weighted by Crippen LogP contribution is 2.62. The van der Waals surface area contributed by atoms with Crippen LogP contribution in [0.25, 0.3) is 11.0 Å². The van der Waals surface area contributed by atoms with E-state index < -0.39 is 0 Å². The fraction of sp³-hybridized carbons (Fsp3) is 0.533. The van der Waals surface area contributed by atoms with Gasteiger partial charge in [0.05, 0.1) is 11.0 Å². The summed E-state index contributed by atoms with van der Waals surface area (Å²) in [5.74, 6) is 3.88. The van der Waals surface area contributed by atoms with E-state index in [0.717, 1.165) is 23.3 Å². The average molecular weight is 241 g/mol. The second-order valence-corrected chi connectivity index (χ2v) is 5.84. The number of imidazole rings is 1. The van der Waals surface area contributed by atoms with Crippen molar-refractivity contribution in [2.24, 2.45) is 24.6 Å². The van der Waals surface area contributed by atoms with Crippen molar-refractivity contribution in [3.05, 3.63) is 29.6 Å². The molecular formula is C15H19N3. The Balaban J connectivity index is 1.80. The van der Waals surface area contributed by atoms with Crippen LogP contribution in [0.2, 0.25) is 0 Å². The molecule has 3 nitrogen and oxygen atoms in total. The third-order valence-corrected chi connectivity index (χ3v) is 4.92. The van der Waals surface area contributed by atoms with E-state index in [1.807, 2.05) is 0 Å². The van der Waals surface area contributed by atoms with Gasteiger partial charge in [-0.25, -0.2) is 4.98 Å². The zero-order valence-electron chi connectivity index (χ0n) is 10.8. The van der Waals surface area contributed by atoms with Crippen LogP contribution in [0.1, 0.15) is 36.6 Å². The number of rotatable bonds is 2. The lowest BCUT2D eigenvalue weighted by atomic mass is 10.1. The van der Waals surface area contributed by atoms with E-state index >= 15 is 0 Å². The van der Waals surface area contributed by atoms with E-state index in [1.54, 1.807) is 0 Å². The van der Waals surface area contributed by atoms with Gasteiger partial charge in [0, 0.05) is 19.5 Å². The van der Waals surface area contributed by atoms with Gasteiger partial charge in [-0.2, -0.15) is 0 Å². The fourth-order valence-corrected chi connectivity index (χ4v) is 3.89. The Hall–Kier alpha value is -1.35. The Morgan fingerprint density at radius 2 is 2.11 bits per heavy atom. The van der Waals surface area contributed by atoms with Gasteiger partial charge in [-0.1, -0.05) is 12.5 Å². The van der Waals surface area contributed by atoms with E-state index in [1.165, 1.54) is 36.2 Å². The van der Waals surface area contributed by atoms with Crippen molar-refractivity contribution in [3.63, 3.8) is 0 Å². The first-order chi connectivity index (χ1) is 8.79. The number of nitrogens with zero attached hydrogens (tertiary/aromatic N) is 2. The minimum absolute atomic E-state index is 0.594. The van der Waals surface area contributed by atoms with Gasteiger partial charge in [0.2, 0.25) is 0 Å². The number of hydrogen-bond donors (Lipinski definition) is 1. The topological polar surface area (TPSA) is 43.8 Å². The van der Waals surface area contributed by atoms with E-state index in [-0.39, 0.29) is 0 Å². The third kappa shape index (κ3) is 1.31. The molecule has 2 aromatic rings. The molecule has 2 unspecified atom stereocenters. The third-order valence-electron chi connectivity index (χ3n) is 4.92. The average Bonchev–Trinajstić information content (AvgIpc) is 2.76. The summed E-state index contributed by atoms with van der Waals surface area (Å²) in [6.07, 6.45) is 4.24. The summed E-state index contributed by atoms with van der Waals surface area (Å²) in [5, 5.41) is 0. The quantitative estimate of drug-likeness (QED) is 0.878. The Morgan fingerprint density at radius 1 is 1.33 bits per heavy atom. The molecular weight excluding hydrogens is 222 g/mol. The first kappa shape index (κ1) is 10.6. The van der Waals surface area contributed by atoms with Gasteiger partial charge in [0.25, 0.3) is 0 Å². The minimum atomic E-state index is 0.594. The van der Waals surface area contributed by atoms with Crippen LogP contribution in [-0.2, 0) is 13.6 Å². The highest BCUT2D eigenvalue weighted by atomic mass is 15.1. The monoisotopic (exact) mass is 241 g/mol. The molecule has 18 heavy (non-hydrogen) atoms. The Morgan fingerprint density at radius 3 is 2.83 bits per heavy atom. The van der Waals surface area contributed by atoms with Crippen molar-refractivity contribution in [1.82, 2.24) is 9.55 Å². The van der Waals surface area contributed by atoms with Crippen LogP contribution in [0.15, 0.2) is 18.2 Å². The second-order valence-electron chi connectivity index (χ2n) is 5.84. The summed E-state index contributed by atoms with van der Waals surface area (Å²) < 4.78 is 2.29. The van der Waals surface area contributed by atoms with E-state index in [0.29, 0.717) is 6.54 Å². The molecule has 1 aromatic heterocycles. The van der Waals surface area contributed by atoms with Crippen LogP contribution in [-0.4, -0.2) is 9.55 Å². The van der Waals surface area contributed by atoms with Gasteiger partial charge < -0.3 is 10.3 Å². The maximum atomic E-state index is 5.70. The molecule has 2 N–H and O–H groups in total. The molecule has 1 aromatic carbocycles. The van der Waals surface area contributed by atoms with E-state index in [9.17, 15) is 0 Å². The predicted octanol–water partition coefficient (Wildman–Crippen LogP) is 2.55. The van der Waals surface area contributed by atoms with Gasteiger partial charge in [-0.15, -0.1) is 0 Å². The molecule has 0 bridgehead atoms. The van der Waals surface area contributed by atoms with Crippen LogP contribution in [0.3, 0.4) is 0 Å². The number of aryl methyl sites for hydroxylation is 1. The zero-order chi connectivity index (χ0) is 12.3. The molecule has 0 amide bonds. The Labute approximate surface area is 107 Å². The molecule has 3 heteroatoms. The van der Waals surface area contributed by atoms with E-state index in [4.69, 9.17) is 10.7 Å². The number of nitrogens with two attached hydrogens (primary N) is 1. The molecule has 2 atom stereocenters. The van der Waals surface area contributed by atoms with Gasteiger partial charge in [-0.05, 0) is 42.4 Å². The lowest BCUT2D eigenvalue weighted by Crippen LogP contribution is -1.99. The molecule has 2 fully saturated rings. The summed E-state index contributed by atoms with van der Waals surface area (Å²) >= 11 is 0. The maximum absolute atomic E-state index is 5.70. The molecule has 4 rings (SSSR count). The van der Waals surface area contributed by atoms with Crippen molar-refractivity contribution in [1.29, 1.82) is 0 Å². The minimum Gasteiger partial charge on any atom is -0.331 e. The molecule has 2 aliphatic carbocycles. The summed E-state index contributed by atoms with van der Waals surface area (Å²) in [4.78, 5) is 4.87. The molecule has 0 radical (unpaired) electrons. The van der Waals surface area contributed by atoms with Crippen LogP contribution in [0.5, 0.6) is 0 Å². The lowest BCUT2D eigenvalue weighted by Gasteiger charge is -2.04. The SMILES string of the molecule is Cn1c(C2C3CCCC32)nc2cc(CN)ccc21. The predicted molar refractivity (Wildman–Crippen MR) is 72.2 cm³/mol. The van der Waals surface area contributed by atoms with Gasteiger partial charge >= 0.3 is 0 Å². The summed E-state index contributed by atoms with van der Waals surface area (Å²) in [7, 11) is 2.15. The van der Waals surface area contributed by atoms with Gasteiger partial charge in [-0.3, -0.25) is 0 Å². The molecule has 0 aliphatic heterocycles. The van der Waals surface area contributed by atoms with Crippen molar-refractivity contribution >= 4 is 11.0 Å². The Kier molecular flexibility index (Phi) is 2.10. The second kappa shape index (κ2) is 3.58. The van der Waals surface area contributed by atoms with Gasteiger partial charge in [0.15, 0.2) is 0 Å². The smallest absolute Gasteiger partial charge is 0.113 e. The molecule has 2 aliphatic rings. The molecule has 1 heterocycles. The summed E-state index contributed by atoms with van der Waals surface area (Å²) in [6, 6.07) is 6.41. The number of benzene rings is 1. The van der Waals surface area contributed by atoms with Crippen molar-refractivity contribution in [2.45, 2.75) is 31.7 Å². The van der Waals surface area contributed by atoms with Crippen molar-refractivity contribution < 1.29 is 0 Å². The van der Waals surface area contributed by atoms with E-state index in [2.05, 4.69) is 29.8 Å². The summed E-state index contributed by atoms with van der Waals surface area (Å²) in [5.41, 5.74) is 9.22. The number of fused-ring (bicyclic) bond motifs is 2. The highest BCUT2D eigenvalue weighted by Gasteiger charge is 2.55. The Bertz CT molecular complexity index is 603. The lowest BCUT2D eigenvalue weighted by molar-refractivity contribution is 0.642. The van der Waals surface area contributed by atoms with Gasteiger partial charge in [0.1, 0.15) is 5.82 Å². The van der Waals surface area contributed by atoms with Crippen LogP contribution in [0.4, 0.5) is 0 Å². The molecule has 2 saturated carbocycles. The highest BCUT2D eigenvalue weighted by molar-refractivity contribution is 5.77. The number of aromatic nitrogens is 2. The van der Waals surface area contributed by atoms with Crippen molar-refractivity contribution in [3.8, 4) is 0 Å². The molecule has 94 valence electrons. The van der Waals surface area contributed by atoms with Crippen molar-refractivity contribution in [2.75, 3.05) is 0 Å². The molecule has 0 saturated heterocycles. The number of hydrogen-bond acceptors (Lipinski definition) is 2. The maximum Gasteiger partial charge on any atom is 0.113 e. The van der Waals surface area contributed by atoms with Crippen LogP contribution in [0, 0.1) is 11.8 Å². The van der Waals surface area contributed by atoms with Crippen LogP contribution < -0.4 is 5.73 Å². The first-order valence-electron chi connectivity index (χ1n) is 6.95. The largest absolute Gasteiger partial charge is 0.331 e. The zero-order valence-corrected chi connectivity index (χ0v) is 10.8. The van der Waals surface area contributed by atoms with Crippen LogP contribution >= 0.6 is 0 Å². The fourth-order valence-electron chi connectivity index (χ4n) is 3.89.